The fraction of sp³-hybridized carbons (Fsp3) is 0.667. The zero-order valence-corrected chi connectivity index (χ0v) is 14.0. The Kier molecular flexibility index (Phi) is 6.88. The average Bonchev–Trinajstić information content (AvgIpc) is 2.40. The van der Waals surface area contributed by atoms with Gasteiger partial charge in [0, 0.05) is 13.1 Å². The number of hydrogen-bond donors (Lipinski definition) is 2. The van der Waals surface area contributed by atoms with Crippen molar-refractivity contribution in [3.05, 3.63) is 11.9 Å². The normalized spacial score (nSPS) is 11.0. The molecule has 1 aromatic rings. The minimum Gasteiger partial charge on any atom is -0.478 e. The molecule has 0 fully saturated rings. The van der Waals surface area contributed by atoms with Crippen LogP contribution in [0.4, 0.5) is 10.6 Å². The highest BCUT2D eigenvalue weighted by Crippen LogP contribution is 2.19. The molecule has 7 nitrogen and oxygen atoms in total. The molecule has 0 saturated heterocycles. The number of hydrogen-bond acceptors (Lipinski definition) is 6. The van der Waals surface area contributed by atoms with Gasteiger partial charge in [0.25, 0.3) is 0 Å². The number of aromatic nitrogens is 2. The van der Waals surface area contributed by atoms with Crippen molar-refractivity contribution in [3.8, 4) is 5.88 Å². The summed E-state index contributed by atoms with van der Waals surface area (Å²) in [5, 5.41) is 5.92. The molecule has 0 aliphatic carbocycles. The van der Waals surface area contributed by atoms with Crippen LogP contribution < -0.4 is 15.4 Å². The molecule has 7 heteroatoms. The Bertz CT molecular complexity index is 486. The highest BCUT2D eigenvalue weighted by Gasteiger charge is 2.15. The standard InChI is InChI=1S/C15H26N4O3/c1-6-21-13-11(2)12(18-10-19-13)16-8-7-9-17-14(20)22-15(3,4)5/h10H,6-9H2,1-5H3,(H,17,20)(H,16,18,19). The van der Waals surface area contributed by atoms with Crippen LogP contribution in [-0.2, 0) is 4.74 Å². The topological polar surface area (TPSA) is 85.4 Å². The summed E-state index contributed by atoms with van der Waals surface area (Å²) in [4.78, 5) is 19.7. The van der Waals surface area contributed by atoms with Crippen LogP contribution in [0.5, 0.6) is 5.88 Å². The van der Waals surface area contributed by atoms with Gasteiger partial charge in [0.2, 0.25) is 5.88 Å². The van der Waals surface area contributed by atoms with Gasteiger partial charge in [-0.15, -0.1) is 0 Å². The highest BCUT2D eigenvalue weighted by atomic mass is 16.6. The Hall–Kier alpha value is -2.05. The highest BCUT2D eigenvalue weighted by molar-refractivity contribution is 5.67. The van der Waals surface area contributed by atoms with Gasteiger partial charge in [-0.05, 0) is 41.0 Å². The molecule has 0 bridgehead atoms. The maximum atomic E-state index is 11.5. The molecule has 0 aliphatic rings. The van der Waals surface area contributed by atoms with Gasteiger partial charge in [-0.1, -0.05) is 0 Å². The van der Waals surface area contributed by atoms with Crippen LogP contribution in [0.3, 0.4) is 0 Å². The van der Waals surface area contributed by atoms with Crippen molar-refractivity contribution < 1.29 is 14.3 Å². The van der Waals surface area contributed by atoms with Crippen LogP contribution in [0.2, 0.25) is 0 Å². The van der Waals surface area contributed by atoms with Gasteiger partial charge >= 0.3 is 6.09 Å². The lowest BCUT2D eigenvalue weighted by molar-refractivity contribution is 0.0528. The molecule has 22 heavy (non-hydrogen) atoms. The van der Waals surface area contributed by atoms with Crippen LogP contribution in [-0.4, -0.2) is 41.4 Å². The fourth-order valence-corrected chi connectivity index (χ4v) is 1.69. The molecular formula is C15H26N4O3. The summed E-state index contributed by atoms with van der Waals surface area (Å²) in [6.07, 6.45) is 1.83. The minimum absolute atomic E-state index is 0.399. The average molecular weight is 310 g/mol. The van der Waals surface area contributed by atoms with Gasteiger partial charge < -0.3 is 20.1 Å². The number of carbonyl (C=O) groups is 1. The zero-order valence-electron chi connectivity index (χ0n) is 14.0. The van der Waals surface area contributed by atoms with E-state index in [2.05, 4.69) is 20.6 Å². The van der Waals surface area contributed by atoms with E-state index in [1.807, 2.05) is 34.6 Å². The molecule has 0 unspecified atom stereocenters. The molecule has 1 rings (SSSR count). The first-order valence-electron chi connectivity index (χ1n) is 7.48. The lowest BCUT2D eigenvalue weighted by Gasteiger charge is -2.19. The van der Waals surface area contributed by atoms with Crippen LogP contribution in [0.1, 0.15) is 39.7 Å². The van der Waals surface area contributed by atoms with Crippen LogP contribution in [0.15, 0.2) is 6.33 Å². The second kappa shape index (κ2) is 8.41. The second-order valence-corrected chi connectivity index (χ2v) is 5.79. The predicted octanol–water partition coefficient (Wildman–Crippen LogP) is 2.51. The Morgan fingerprint density at radius 2 is 2.00 bits per heavy atom. The molecule has 0 aromatic carbocycles. The van der Waals surface area contributed by atoms with Crippen molar-refractivity contribution in [1.82, 2.24) is 15.3 Å². The Morgan fingerprint density at radius 3 is 2.64 bits per heavy atom. The number of ether oxygens (including phenoxy) is 2. The maximum absolute atomic E-state index is 11.5. The van der Waals surface area contributed by atoms with Gasteiger partial charge in [-0.25, -0.2) is 14.8 Å². The maximum Gasteiger partial charge on any atom is 0.407 e. The van der Waals surface area contributed by atoms with Gasteiger partial charge in [0.15, 0.2) is 0 Å². The summed E-state index contributed by atoms with van der Waals surface area (Å²) in [5.41, 5.74) is 0.403. The van der Waals surface area contributed by atoms with Crippen molar-refractivity contribution >= 4 is 11.9 Å². The Morgan fingerprint density at radius 1 is 1.27 bits per heavy atom. The third-order valence-corrected chi connectivity index (χ3v) is 2.63. The monoisotopic (exact) mass is 310 g/mol. The quantitative estimate of drug-likeness (QED) is 0.753. The van der Waals surface area contributed by atoms with E-state index in [4.69, 9.17) is 9.47 Å². The van der Waals surface area contributed by atoms with Crippen molar-refractivity contribution in [2.75, 3.05) is 25.0 Å². The van der Waals surface area contributed by atoms with E-state index in [1.54, 1.807) is 0 Å². The van der Waals surface area contributed by atoms with Crippen molar-refractivity contribution in [2.45, 2.75) is 46.6 Å². The number of nitrogens with one attached hydrogen (secondary N) is 2. The molecule has 1 heterocycles. The summed E-state index contributed by atoms with van der Waals surface area (Å²) in [5.74, 6) is 1.34. The lowest BCUT2D eigenvalue weighted by atomic mass is 10.2. The van der Waals surface area contributed by atoms with Gasteiger partial charge in [-0.2, -0.15) is 0 Å². The summed E-state index contributed by atoms with van der Waals surface area (Å²) < 4.78 is 10.6. The first-order valence-corrected chi connectivity index (χ1v) is 7.48. The number of carbonyl (C=O) groups excluding carboxylic acids is 1. The van der Waals surface area contributed by atoms with E-state index in [0.717, 1.165) is 17.8 Å². The van der Waals surface area contributed by atoms with E-state index in [-0.39, 0.29) is 0 Å². The third kappa shape index (κ3) is 6.60. The van der Waals surface area contributed by atoms with Crippen molar-refractivity contribution in [1.29, 1.82) is 0 Å². The molecule has 1 amide bonds. The Balaban J connectivity index is 2.31. The molecule has 0 atom stereocenters. The van der Waals surface area contributed by atoms with Gasteiger partial charge in [-0.3, -0.25) is 0 Å². The summed E-state index contributed by atoms with van der Waals surface area (Å²) in [7, 11) is 0. The second-order valence-electron chi connectivity index (χ2n) is 5.79. The van der Waals surface area contributed by atoms with Crippen molar-refractivity contribution in [2.24, 2.45) is 0 Å². The van der Waals surface area contributed by atoms with Gasteiger partial charge in [0.1, 0.15) is 17.7 Å². The van der Waals surface area contributed by atoms with E-state index in [1.165, 1.54) is 6.33 Å². The molecule has 0 aliphatic heterocycles. The third-order valence-electron chi connectivity index (χ3n) is 2.63. The van der Waals surface area contributed by atoms with E-state index in [9.17, 15) is 4.79 Å². The first-order chi connectivity index (χ1) is 10.3. The number of anilines is 1. The summed E-state index contributed by atoms with van der Waals surface area (Å²) in [6, 6.07) is 0. The summed E-state index contributed by atoms with van der Waals surface area (Å²) >= 11 is 0. The number of alkyl carbamates (subject to hydrolysis) is 1. The van der Waals surface area contributed by atoms with Crippen LogP contribution in [0.25, 0.3) is 0 Å². The van der Waals surface area contributed by atoms with E-state index < -0.39 is 11.7 Å². The SMILES string of the molecule is CCOc1ncnc(NCCCNC(=O)OC(C)(C)C)c1C. The number of amides is 1. The number of nitrogens with zero attached hydrogens (tertiary/aromatic N) is 2. The molecule has 124 valence electrons. The largest absolute Gasteiger partial charge is 0.478 e. The number of rotatable bonds is 7. The smallest absolute Gasteiger partial charge is 0.407 e. The summed E-state index contributed by atoms with van der Waals surface area (Å²) in [6.45, 7) is 11.1. The Labute approximate surface area is 131 Å². The lowest BCUT2D eigenvalue weighted by Crippen LogP contribution is -2.33. The molecule has 0 saturated carbocycles. The van der Waals surface area contributed by atoms with Crippen LogP contribution in [0, 0.1) is 6.92 Å². The molecule has 0 spiro atoms. The first kappa shape index (κ1) is 18.0. The van der Waals surface area contributed by atoms with E-state index >= 15 is 0 Å². The zero-order chi connectivity index (χ0) is 16.6. The minimum atomic E-state index is -0.476. The molecule has 2 N–H and O–H groups in total. The molecule has 1 aromatic heterocycles. The van der Waals surface area contributed by atoms with Gasteiger partial charge in [0.05, 0.1) is 12.2 Å². The molecule has 0 radical (unpaired) electrons. The fourth-order valence-electron chi connectivity index (χ4n) is 1.69. The van der Waals surface area contributed by atoms with Crippen LogP contribution >= 0.6 is 0 Å². The van der Waals surface area contributed by atoms with E-state index in [0.29, 0.717) is 25.6 Å². The molecular weight excluding hydrogens is 284 g/mol. The van der Waals surface area contributed by atoms with Crippen molar-refractivity contribution in [3.63, 3.8) is 0 Å². The predicted molar refractivity (Wildman–Crippen MR) is 85.3 cm³/mol.